The lowest BCUT2D eigenvalue weighted by atomic mass is 10.1. The minimum absolute atomic E-state index is 0.0765. The summed E-state index contributed by atoms with van der Waals surface area (Å²) in [6.07, 6.45) is -0.167. The van der Waals surface area contributed by atoms with E-state index in [0.717, 1.165) is 27.4 Å². The fourth-order valence-electron chi connectivity index (χ4n) is 3.43. The average molecular weight is 409 g/mol. The summed E-state index contributed by atoms with van der Waals surface area (Å²) in [6, 6.07) is 17.7. The predicted molar refractivity (Wildman–Crippen MR) is 116 cm³/mol. The van der Waals surface area contributed by atoms with Gasteiger partial charge >= 0.3 is 0 Å². The van der Waals surface area contributed by atoms with Crippen molar-refractivity contribution in [2.45, 2.75) is 25.0 Å². The van der Waals surface area contributed by atoms with Gasteiger partial charge in [-0.2, -0.15) is 0 Å². The number of hydrogen-bond donors (Lipinski definition) is 0. The van der Waals surface area contributed by atoms with Crippen LogP contribution in [0.25, 0.3) is 10.9 Å². The summed E-state index contributed by atoms with van der Waals surface area (Å²) in [5.74, 6) is 1.92. The number of carbonyl (C=O) groups is 1. The Morgan fingerprint density at radius 2 is 1.93 bits per heavy atom. The Bertz CT molecular complexity index is 1020. The molecule has 1 aliphatic heterocycles. The maximum absolute atomic E-state index is 12.8. The molecule has 4 rings (SSSR count). The molecule has 0 bridgehead atoms. The van der Waals surface area contributed by atoms with Gasteiger partial charge in [-0.15, -0.1) is 0 Å². The third-order valence-electron chi connectivity index (χ3n) is 4.97. The van der Waals surface area contributed by atoms with Gasteiger partial charge in [-0.05, 0) is 43.7 Å². The lowest BCUT2D eigenvalue weighted by Crippen LogP contribution is -2.44. The highest BCUT2D eigenvalue weighted by atomic mass is 32.2. The molecule has 5 nitrogen and oxygen atoms in total. The third kappa shape index (κ3) is 4.48. The molecule has 1 aromatic heterocycles. The number of likely N-dealkylation sites (N-methyl/N-ethyl adjacent to an activating group) is 1. The number of nitrogens with zero attached hydrogens (tertiary/aromatic N) is 2. The first kappa shape index (κ1) is 19.6. The van der Waals surface area contributed by atoms with Crippen LogP contribution in [0.2, 0.25) is 0 Å². The average Bonchev–Trinajstić information content (AvgIpc) is 2.75. The van der Waals surface area contributed by atoms with Gasteiger partial charge < -0.3 is 14.4 Å². The number of aryl methyl sites for hydroxylation is 1. The van der Waals surface area contributed by atoms with Gasteiger partial charge in [-0.1, -0.05) is 42.1 Å². The second kappa shape index (κ2) is 8.74. The normalized spacial score (nSPS) is 15.3. The zero-order chi connectivity index (χ0) is 20.2. The second-order valence-electron chi connectivity index (χ2n) is 7.01. The van der Waals surface area contributed by atoms with Gasteiger partial charge in [-0.25, -0.2) is 4.98 Å². The molecule has 1 aliphatic rings. The van der Waals surface area contributed by atoms with Crippen LogP contribution in [0.5, 0.6) is 11.5 Å². The van der Waals surface area contributed by atoms with E-state index in [1.165, 1.54) is 17.3 Å². The number of para-hydroxylation sites is 3. The minimum atomic E-state index is -0.167. The summed E-state index contributed by atoms with van der Waals surface area (Å²) < 4.78 is 11.8. The lowest BCUT2D eigenvalue weighted by Gasteiger charge is -2.30. The Balaban J connectivity index is 1.37. The fraction of sp³-hybridized carbons (Fsp3) is 0.304. The summed E-state index contributed by atoms with van der Waals surface area (Å²) in [5, 5.41) is 2.02. The summed E-state index contributed by atoms with van der Waals surface area (Å²) in [5.41, 5.74) is 2.13. The molecule has 29 heavy (non-hydrogen) atoms. The van der Waals surface area contributed by atoms with Gasteiger partial charge in [0.1, 0.15) is 6.61 Å². The maximum Gasteiger partial charge on any atom is 0.233 e. The van der Waals surface area contributed by atoms with Crippen LogP contribution in [-0.2, 0) is 4.79 Å². The van der Waals surface area contributed by atoms with Crippen molar-refractivity contribution in [1.29, 1.82) is 0 Å². The van der Waals surface area contributed by atoms with Crippen LogP contribution in [0.1, 0.15) is 12.5 Å². The van der Waals surface area contributed by atoms with Crippen molar-refractivity contribution in [2.24, 2.45) is 0 Å². The van der Waals surface area contributed by atoms with Crippen LogP contribution in [0, 0.1) is 6.92 Å². The minimum Gasteiger partial charge on any atom is -0.486 e. The summed E-state index contributed by atoms with van der Waals surface area (Å²) >= 11 is 1.48. The molecule has 0 radical (unpaired) electrons. The second-order valence-corrected chi connectivity index (χ2v) is 8.01. The summed E-state index contributed by atoms with van der Waals surface area (Å²) in [6.45, 7) is 5.64. The monoisotopic (exact) mass is 408 g/mol. The first-order chi connectivity index (χ1) is 14.1. The highest BCUT2D eigenvalue weighted by molar-refractivity contribution is 7.99. The third-order valence-corrected chi connectivity index (χ3v) is 5.87. The van der Waals surface area contributed by atoms with Gasteiger partial charge in [-0.3, -0.25) is 4.79 Å². The molecular weight excluding hydrogens is 384 g/mol. The molecule has 0 saturated carbocycles. The molecular formula is C23H24N2O3S. The van der Waals surface area contributed by atoms with Gasteiger partial charge in [0.25, 0.3) is 0 Å². The zero-order valence-corrected chi connectivity index (χ0v) is 17.4. The molecule has 1 atom stereocenters. The Labute approximate surface area is 175 Å². The van der Waals surface area contributed by atoms with E-state index in [1.807, 2.05) is 60.4 Å². The number of ether oxygens (including phenoxy) is 2. The largest absolute Gasteiger partial charge is 0.486 e. The number of rotatable bonds is 6. The molecule has 1 unspecified atom stereocenters. The zero-order valence-electron chi connectivity index (χ0n) is 16.6. The first-order valence-electron chi connectivity index (χ1n) is 9.79. The van der Waals surface area contributed by atoms with Crippen molar-refractivity contribution < 1.29 is 14.3 Å². The van der Waals surface area contributed by atoms with Crippen molar-refractivity contribution >= 4 is 28.6 Å². The lowest BCUT2D eigenvalue weighted by molar-refractivity contribution is -0.129. The molecule has 0 fully saturated rings. The SMILES string of the molecule is CCN(CC1COc2ccccc2O1)C(=O)CSc1cc(C)c2ccccc2n1. The molecule has 0 spiro atoms. The molecule has 2 heterocycles. The van der Waals surface area contributed by atoms with E-state index in [2.05, 4.69) is 18.0 Å². The molecule has 0 saturated heterocycles. The molecule has 3 aromatic rings. The summed E-state index contributed by atoms with van der Waals surface area (Å²) in [4.78, 5) is 19.3. The van der Waals surface area contributed by atoms with Crippen LogP contribution in [-0.4, -0.2) is 47.3 Å². The van der Waals surface area contributed by atoms with Crippen molar-refractivity contribution in [3.05, 3.63) is 60.2 Å². The van der Waals surface area contributed by atoms with Crippen LogP contribution < -0.4 is 9.47 Å². The topological polar surface area (TPSA) is 51.7 Å². The van der Waals surface area contributed by atoms with Gasteiger partial charge in [0, 0.05) is 11.9 Å². The Morgan fingerprint density at radius 1 is 1.17 bits per heavy atom. The quantitative estimate of drug-likeness (QED) is 0.569. The number of amides is 1. The fourth-order valence-corrected chi connectivity index (χ4v) is 4.30. The smallest absolute Gasteiger partial charge is 0.233 e. The van der Waals surface area contributed by atoms with Crippen LogP contribution in [0.4, 0.5) is 0 Å². The van der Waals surface area contributed by atoms with Crippen LogP contribution >= 0.6 is 11.8 Å². The van der Waals surface area contributed by atoms with Gasteiger partial charge in [0.05, 0.1) is 22.8 Å². The highest BCUT2D eigenvalue weighted by Crippen LogP contribution is 2.31. The standard InChI is InChI=1S/C23H24N2O3S/c1-3-25(13-17-14-27-20-10-6-7-11-21(20)28-17)23(26)15-29-22-12-16(2)18-8-4-5-9-19(18)24-22/h4-12,17H,3,13-15H2,1-2H3. The van der Waals surface area contributed by atoms with Crippen molar-refractivity contribution in [3.63, 3.8) is 0 Å². The number of aromatic nitrogens is 1. The molecule has 6 heteroatoms. The van der Waals surface area contributed by atoms with E-state index in [4.69, 9.17) is 9.47 Å². The van der Waals surface area contributed by atoms with Gasteiger partial charge in [0.15, 0.2) is 17.6 Å². The number of hydrogen-bond acceptors (Lipinski definition) is 5. The van der Waals surface area contributed by atoms with Crippen molar-refractivity contribution in [3.8, 4) is 11.5 Å². The maximum atomic E-state index is 12.8. The first-order valence-corrected chi connectivity index (χ1v) is 10.8. The number of carbonyl (C=O) groups excluding carboxylic acids is 1. The molecule has 150 valence electrons. The van der Waals surface area contributed by atoms with E-state index in [1.54, 1.807) is 0 Å². The van der Waals surface area contributed by atoms with E-state index in [9.17, 15) is 4.79 Å². The highest BCUT2D eigenvalue weighted by Gasteiger charge is 2.24. The number of thioether (sulfide) groups is 1. The van der Waals surface area contributed by atoms with Crippen molar-refractivity contribution in [1.82, 2.24) is 9.88 Å². The Morgan fingerprint density at radius 3 is 2.76 bits per heavy atom. The number of fused-ring (bicyclic) bond motifs is 2. The predicted octanol–water partition coefficient (Wildman–Crippen LogP) is 4.32. The van der Waals surface area contributed by atoms with Crippen LogP contribution in [0.3, 0.4) is 0 Å². The van der Waals surface area contributed by atoms with E-state index < -0.39 is 0 Å². The van der Waals surface area contributed by atoms with E-state index >= 15 is 0 Å². The summed E-state index contributed by atoms with van der Waals surface area (Å²) in [7, 11) is 0. The molecule has 2 aromatic carbocycles. The number of pyridine rings is 1. The van der Waals surface area contributed by atoms with Crippen molar-refractivity contribution in [2.75, 3.05) is 25.4 Å². The number of benzene rings is 2. The van der Waals surface area contributed by atoms with Gasteiger partial charge in [0.2, 0.25) is 5.91 Å². The molecule has 0 N–H and O–H groups in total. The van der Waals surface area contributed by atoms with E-state index in [0.29, 0.717) is 25.4 Å². The Hall–Kier alpha value is -2.73. The van der Waals surface area contributed by atoms with E-state index in [-0.39, 0.29) is 12.0 Å². The molecule has 0 aliphatic carbocycles. The van der Waals surface area contributed by atoms with Crippen LogP contribution in [0.15, 0.2) is 59.6 Å². The molecule has 1 amide bonds. The Kier molecular flexibility index (Phi) is 5.90.